The van der Waals surface area contributed by atoms with Gasteiger partial charge in [-0.2, -0.15) is 0 Å². The summed E-state index contributed by atoms with van der Waals surface area (Å²) in [5.41, 5.74) is 0. The van der Waals surface area contributed by atoms with Crippen molar-refractivity contribution in [2.45, 2.75) is 19.4 Å². The van der Waals surface area contributed by atoms with Crippen LogP contribution in [0.4, 0.5) is 0 Å². The van der Waals surface area contributed by atoms with E-state index in [0.717, 1.165) is 18.0 Å². The van der Waals surface area contributed by atoms with Gasteiger partial charge in [0.15, 0.2) is 11.5 Å². The topological polar surface area (TPSA) is 59.6 Å². The van der Waals surface area contributed by atoms with E-state index in [4.69, 9.17) is 9.47 Å². The number of ether oxygens (including phenoxy) is 2. The van der Waals surface area contributed by atoms with Crippen molar-refractivity contribution in [1.82, 2.24) is 10.6 Å². The van der Waals surface area contributed by atoms with Crippen LogP contribution < -0.4 is 20.1 Å². The van der Waals surface area contributed by atoms with Gasteiger partial charge in [0.25, 0.3) is 0 Å². The summed E-state index contributed by atoms with van der Waals surface area (Å²) in [4.78, 5) is 11.6. The number of carbonyl (C=O) groups is 1. The Morgan fingerprint density at radius 3 is 2.95 bits per heavy atom. The summed E-state index contributed by atoms with van der Waals surface area (Å²) in [7, 11) is 0. The number of carbonyl (C=O) groups excluding carboxylic acids is 1. The van der Waals surface area contributed by atoms with Crippen LogP contribution in [0.25, 0.3) is 0 Å². The minimum Gasteiger partial charge on any atom is -0.486 e. The molecule has 19 heavy (non-hydrogen) atoms. The fourth-order valence-electron chi connectivity index (χ4n) is 1.86. The van der Waals surface area contributed by atoms with Crippen LogP contribution in [-0.2, 0) is 4.79 Å². The highest BCUT2D eigenvalue weighted by Gasteiger charge is 2.20. The summed E-state index contributed by atoms with van der Waals surface area (Å²) in [6, 6.07) is 7.56. The lowest BCUT2D eigenvalue weighted by molar-refractivity contribution is -0.121. The Morgan fingerprint density at radius 2 is 2.16 bits per heavy atom. The molecule has 1 amide bonds. The summed E-state index contributed by atoms with van der Waals surface area (Å²) in [5, 5.41) is 5.97. The van der Waals surface area contributed by atoms with Crippen molar-refractivity contribution in [3.8, 4) is 11.5 Å². The van der Waals surface area contributed by atoms with Crippen molar-refractivity contribution >= 4 is 5.91 Å². The molecular weight excluding hydrogens is 244 g/mol. The van der Waals surface area contributed by atoms with Crippen molar-refractivity contribution in [3.05, 3.63) is 24.3 Å². The Bertz CT molecular complexity index is 423. The van der Waals surface area contributed by atoms with Gasteiger partial charge < -0.3 is 20.1 Å². The van der Waals surface area contributed by atoms with E-state index in [0.29, 0.717) is 26.1 Å². The third kappa shape index (κ3) is 4.13. The Labute approximate surface area is 113 Å². The van der Waals surface area contributed by atoms with E-state index in [2.05, 4.69) is 10.6 Å². The van der Waals surface area contributed by atoms with Crippen LogP contribution in [0.5, 0.6) is 11.5 Å². The van der Waals surface area contributed by atoms with Crippen molar-refractivity contribution in [3.63, 3.8) is 0 Å². The minimum atomic E-state index is -0.127. The molecule has 2 N–H and O–H groups in total. The second-order valence-electron chi connectivity index (χ2n) is 4.41. The van der Waals surface area contributed by atoms with Gasteiger partial charge in [-0.1, -0.05) is 19.1 Å². The standard InChI is InChI=1S/C14H20N2O3/c1-2-15-8-7-14(17)16-9-11-10-18-12-5-3-4-6-13(12)19-11/h3-6,11,15H,2,7-10H2,1H3,(H,16,17). The van der Waals surface area contributed by atoms with Gasteiger partial charge in [0.05, 0.1) is 6.54 Å². The molecule has 0 spiro atoms. The van der Waals surface area contributed by atoms with Gasteiger partial charge in [-0.15, -0.1) is 0 Å². The summed E-state index contributed by atoms with van der Waals surface area (Å²) >= 11 is 0. The highest BCUT2D eigenvalue weighted by Crippen LogP contribution is 2.30. The molecule has 0 saturated heterocycles. The molecule has 0 aromatic heterocycles. The molecular formula is C14H20N2O3. The van der Waals surface area contributed by atoms with Gasteiger partial charge in [-0.25, -0.2) is 0 Å². The number of hydrogen-bond donors (Lipinski definition) is 2. The fourth-order valence-corrected chi connectivity index (χ4v) is 1.86. The first-order valence-electron chi connectivity index (χ1n) is 6.65. The number of hydrogen-bond acceptors (Lipinski definition) is 4. The zero-order valence-corrected chi connectivity index (χ0v) is 11.1. The first-order chi connectivity index (χ1) is 9.29. The minimum absolute atomic E-state index is 0.0309. The average Bonchev–Trinajstić information content (AvgIpc) is 2.45. The Morgan fingerprint density at radius 1 is 1.37 bits per heavy atom. The van der Waals surface area contributed by atoms with E-state index in [-0.39, 0.29) is 12.0 Å². The average molecular weight is 264 g/mol. The zero-order valence-electron chi connectivity index (χ0n) is 11.1. The molecule has 0 bridgehead atoms. The number of fused-ring (bicyclic) bond motifs is 1. The van der Waals surface area contributed by atoms with E-state index in [1.165, 1.54) is 0 Å². The van der Waals surface area contributed by atoms with Crippen LogP contribution in [0.1, 0.15) is 13.3 Å². The van der Waals surface area contributed by atoms with E-state index in [1.807, 2.05) is 31.2 Å². The molecule has 0 radical (unpaired) electrons. The van der Waals surface area contributed by atoms with Gasteiger partial charge in [0, 0.05) is 13.0 Å². The molecule has 1 aromatic carbocycles. The van der Waals surface area contributed by atoms with Crippen LogP contribution in [0.2, 0.25) is 0 Å². The fraction of sp³-hybridized carbons (Fsp3) is 0.500. The predicted octanol–water partition coefficient (Wildman–Crippen LogP) is 0.942. The first-order valence-corrected chi connectivity index (χ1v) is 6.65. The highest BCUT2D eigenvalue weighted by molar-refractivity contribution is 5.76. The lowest BCUT2D eigenvalue weighted by Gasteiger charge is -2.26. The van der Waals surface area contributed by atoms with E-state index < -0.39 is 0 Å². The molecule has 1 aliphatic heterocycles. The molecule has 0 aliphatic carbocycles. The third-order valence-electron chi connectivity index (χ3n) is 2.87. The maximum atomic E-state index is 11.6. The molecule has 0 fully saturated rings. The molecule has 1 aliphatic rings. The van der Waals surface area contributed by atoms with Crippen LogP contribution in [0.3, 0.4) is 0 Å². The number of amides is 1. The normalized spacial score (nSPS) is 17.0. The summed E-state index contributed by atoms with van der Waals surface area (Å²) in [6.45, 7) is 4.53. The van der Waals surface area contributed by atoms with Crippen molar-refractivity contribution in [1.29, 1.82) is 0 Å². The molecule has 5 nitrogen and oxygen atoms in total. The summed E-state index contributed by atoms with van der Waals surface area (Å²) in [6.07, 6.45) is 0.357. The summed E-state index contributed by atoms with van der Waals surface area (Å²) < 4.78 is 11.3. The molecule has 5 heteroatoms. The molecule has 1 unspecified atom stereocenters. The Kier molecular flexibility index (Phi) is 5.03. The molecule has 1 heterocycles. The monoisotopic (exact) mass is 264 g/mol. The molecule has 1 aromatic rings. The number of nitrogens with one attached hydrogen (secondary N) is 2. The second kappa shape index (κ2) is 6.99. The maximum Gasteiger partial charge on any atom is 0.221 e. The largest absolute Gasteiger partial charge is 0.486 e. The second-order valence-corrected chi connectivity index (χ2v) is 4.41. The third-order valence-corrected chi connectivity index (χ3v) is 2.87. The Balaban J connectivity index is 1.72. The number of rotatable bonds is 6. The quantitative estimate of drug-likeness (QED) is 0.751. The van der Waals surface area contributed by atoms with Crippen LogP contribution in [0.15, 0.2) is 24.3 Å². The van der Waals surface area contributed by atoms with Gasteiger partial charge in [0.1, 0.15) is 12.7 Å². The SMILES string of the molecule is CCNCCC(=O)NCC1COc2ccccc2O1. The molecule has 1 atom stereocenters. The van der Waals surface area contributed by atoms with Crippen LogP contribution in [0, 0.1) is 0 Å². The smallest absolute Gasteiger partial charge is 0.221 e. The molecule has 0 saturated carbocycles. The lowest BCUT2D eigenvalue weighted by atomic mass is 10.2. The van der Waals surface area contributed by atoms with E-state index in [1.54, 1.807) is 0 Å². The highest BCUT2D eigenvalue weighted by atomic mass is 16.6. The zero-order chi connectivity index (χ0) is 13.5. The van der Waals surface area contributed by atoms with E-state index in [9.17, 15) is 4.79 Å². The van der Waals surface area contributed by atoms with Crippen molar-refractivity contribution in [2.75, 3.05) is 26.2 Å². The number of benzene rings is 1. The van der Waals surface area contributed by atoms with Crippen molar-refractivity contribution in [2.24, 2.45) is 0 Å². The molecule has 104 valence electrons. The molecule has 2 rings (SSSR count). The lowest BCUT2D eigenvalue weighted by Crippen LogP contribution is -2.41. The first kappa shape index (κ1) is 13.7. The van der Waals surface area contributed by atoms with Crippen LogP contribution >= 0.6 is 0 Å². The van der Waals surface area contributed by atoms with Crippen molar-refractivity contribution < 1.29 is 14.3 Å². The van der Waals surface area contributed by atoms with Gasteiger partial charge in [-0.05, 0) is 18.7 Å². The maximum absolute atomic E-state index is 11.6. The van der Waals surface area contributed by atoms with Crippen LogP contribution in [-0.4, -0.2) is 38.3 Å². The predicted molar refractivity (Wildman–Crippen MR) is 72.5 cm³/mol. The number of para-hydroxylation sites is 2. The van der Waals surface area contributed by atoms with Gasteiger partial charge in [-0.3, -0.25) is 4.79 Å². The van der Waals surface area contributed by atoms with E-state index >= 15 is 0 Å². The van der Waals surface area contributed by atoms with Gasteiger partial charge in [0.2, 0.25) is 5.91 Å². The van der Waals surface area contributed by atoms with Gasteiger partial charge >= 0.3 is 0 Å². The Hall–Kier alpha value is -1.75. The summed E-state index contributed by atoms with van der Waals surface area (Å²) in [5.74, 6) is 1.53.